The van der Waals surface area contributed by atoms with Gasteiger partial charge in [-0.3, -0.25) is 14.9 Å². The molecule has 7 nitrogen and oxygen atoms in total. The van der Waals surface area contributed by atoms with Gasteiger partial charge in [0.25, 0.3) is 11.6 Å². The van der Waals surface area contributed by atoms with E-state index in [-0.39, 0.29) is 11.6 Å². The molecule has 0 atom stereocenters. The van der Waals surface area contributed by atoms with Crippen molar-refractivity contribution in [1.82, 2.24) is 0 Å². The second-order valence-corrected chi connectivity index (χ2v) is 5.84. The molecule has 7 heteroatoms. The summed E-state index contributed by atoms with van der Waals surface area (Å²) in [6.07, 6.45) is 0. The van der Waals surface area contributed by atoms with E-state index in [1.165, 1.54) is 24.3 Å². The van der Waals surface area contributed by atoms with Crippen LogP contribution in [0.1, 0.15) is 15.9 Å². The zero-order valence-electron chi connectivity index (χ0n) is 14.5. The van der Waals surface area contributed by atoms with Crippen molar-refractivity contribution in [1.29, 1.82) is 0 Å². The van der Waals surface area contributed by atoms with Gasteiger partial charge in [0.1, 0.15) is 0 Å². The highest BCUT2D eigenvalue weighted by Gasteiger charge is 2.09. The molecular weight excluding hydrogens is 344 g/mol. The van der Waals surface area contributed by atoms with E-state index in [0.29, 0.717) is 16.9 Å². The van der Waals surface area contributed by atoms with Gasteiger partial charge in [0.05, 0.1) is 16.3 Å². The predicted octanol–water partition coefficient (Wildman–Crippen LogP) is 5.57. The molecule has 3 rings (SSSR count). The Morgan fingerprint density at radius 2 is 1.37 bits per heavy atom. The molecule has 1 N–H and O–H groups in total. The number of non-ortho nitro benzene ring substituents is 1. The maximum Gasteiger partial charge on any atom is 0.269 e. The van der Waals surface area contributed by atoms with Gasteiger partial charge in [-0.05, 0) is 55.5 Å². The molecule has 1 amide bonds. The molecule has 0 fully saturated rings. The van der Waals surface area contributed by atoms with Crippen molar-refractivity contribution in [3.8, 4) is 0 Å². The number of hydrogen-bond donors (Lipinski definition) is 1. The average Bonchev–Trinajstić information content (AvgIpc) is 2.68. The van der Waals surface area contributed by atoms with Gasteiger partial charge in [0.2, 0.25) is 0 Å². The first-order valence-electron chi connectivity index (χ1n) is 8.15. The summed E-state index contributed by atoms with van der Waals surface area (Å²) in [4.78, 5) is 22.3. The third-order valence-corrected chi connectivity index (χ3v) is 3.78. The quantitative estimate of drug-likeness (QED) is 0.366. The van der Waals surface area contributed by atoms with Gasteiger partial charge in [-0.1, -0.05) is 17.7 Å². The van der Waals surface area contributed by atoms with Gasteiger partial charge in [-0.25, -0.2) is 0 Å². The lowest BCUT2D eigenvalue weighted by Crippen LogP contribution is -2.11. The van der Waals surface area contributed by atoms with Crippen molar-refractivity contribution in [2.75, 3.05) is 5.32 Å². The molecule has 3 aromatic carbocycles. The van der Waals surface area contributed by atoms with Gasteiger partial charge in [-0.15, -0.1) is 0 Å². The first-order chi connectivity index (χ1) is 13.0. The van der Waals surface area contributed by atoms with E-state index in [1.807, 2.05) is 31.2 Å². The number of nitro groups is 1. The SMILES string of the molecule is Cc1ccc(N=Nc2ccc(NC(=O)c3ccc([N+](=O)[O-])cc3)cc2)cc1. The fraction of sp³-hybridized carbons (Fsp3) is 0.0500. The minimum atomic E-state index is -0.508. The standard InChI is InChI=1S/C20H16N4O3/c1-14-2-6-17(7-3-14)22-23-18-10-8-16(9-11-18)21-20(25)15-4-12-19(13-5-15)24(26)27/h2-13H,1H3,(H,21,25). The summed E-state index contributed by atoms with van der Waals surface area (Å²) in [6.45, 7) is 2.00. The number of azo groups is 1. The highest BCUT2D eigenvalue weighted by atomic mass is 16.6. The van der Waals surface area contributed by atoms with Crippen LogP contribution in [0.25, 0.3) is 0 Å². The normalized spacial score (nSPS) is 10.7. The minimum absolute atomic E-state index is 0.0603. The number of anilines is 1. The number of rotatable bonds is 5. The van der Waals surface area contributed by atoms with E-state index >= 15 is 0 Å². The molecule has 27 heavy (non-hydrogen) atoms. The van der Waals surface area contributed by atoms with Crippen LogP contribution in [0.15, 0.2) is 83.0 Å². The number of carbonyl (C=O) groups is 1. The smallest absolute Gasteiger partial charge is 0.269 e. The fourth-order valence-electron chi connectivity index (χ4n) is 2.28. The lowest BCUT2D eigenvalue weighted by Gasteiger charge is -2.05. The first kappa shape index (κ1) is 17.9. The third-order valence-electron chi connectivity index (χ3n) is 3.78. The number of benzene rings is 3. The molecule has 0 unspecified atom stereocenters. The summed E-state index contributed by atoms with van der Waals surface area (Å²) in [7, 11) is 0. The molecule has 3 aromatic rings. The number of nitro benzene ring substituents is 1. The molecule has 0 aliphatic heterocycles. The van der Waals surface area contributed by atoms with Crippen molar-refractivity contribution >= 4 is 28.7 Å². The number of nitrogens with one attached hydrogen (secondary N) is 1. The largest absolute Gasteiger partial charge is 0.322 e. The van der Waals surface area contributed by atoms with Crippen LogP contribution in [0.5, 0.6) is 0 Å². The first-order valence-corrected chi connectivity index (χ1v) is 8.15. The molecule has 0 aliphatic rings. The van der Waals surface area contributed by atoms with Crippen molar-refractivity contribution in [2.45, 2.75) is 6.92 Å². The Labute approximate surface area is 155 Å². The van der Waals surface area contributed by atoms with E-state index < -0.39 is 4.92 Å². The van der Waals surface area contributed by atoms with Crippen LogP contribution >= 0.6 is 0 Å². The van der Waals surface area contributed by atoms with Crippen LogP contribution in [0.4, 0.5) is 22.7 Å². The predicted molar refractivity (Wildman–Crippen MR) is 103 cm³/mol. The number of aryl methyl sites for hydroxylation is 1. The molecule has 0 bridgehead atoms. The summed E-state index contributed by atoms with van der Waals surface area (Å²) in [5.74, 6) is -0.348. The van der Waals surface area contributed by atoms with E-state index in [9.17, 15) is 14.9 Å². The fourth-order valence-corrected chi connectivity index (χ4v) is 2.28. The molecular formula is C20H16N4O3. The topological polar surface area (TPSA) is 97.0 Å². The maximum atomic E-state index is 12.2. The van der Waals surface area contributed by atoms with Crippen LogP contribution in [0, 0.1) is 17.0 Å². The summed E-state index contributed by atoms with van der Waals surface area (Å²) >= 11 is 0. The van der Waals surface area contributed by atoms with E-state index in [1.54, 1.807) is 24.3 Å². The molecule has 134 valence electrons. The van der Waals surface area contributed by atoms with E-state index in [4.69, 9.17) is 0 Å². The average molecular weight is 360 g/mol. The Morgan fingerprint density at radius 3 is 1.89 bits per heavy atom. The minimum Gasteiger partial charge on any atom is -0.322 e. The second-order valence-electron chi connectivity index (χ2n) is 5.84. The second kappa shape index (κ2) is 8.01. The van der Waals surface area contributed by atoms with Crippen LogP contribution < -0.4 is 5.32 Å². The Bertz CT molecular complexity index is 979. The van der Waals surface area contributed by atoms with Crippen molar-refractivity contribution in [3.63, 3.8) is 0 Å². The Morgan fingerprint density at radius 1 is 0.852 bits per heavy atom. The van der Waals surface area contributed by atoms with Gasteiger partial charge in [0.15, 0.2) is 0 Å². The van der Waals surface area contributed by atoms with Gasteiger partial charge in [0, 0.05) is 23.4 Å². The van der Waals surface area contributed by atoms with Gasteiger partial charge >= 0.3 is 0 Å². The molecule has 0 radical (unpaired) electrons. The number of amides is 1. The van der Waals surface area contributed by atoms with E-state index in [0.717, 1.165) is 11.3 Å². The van der Waals surface area contributed by atoms with E-state index in [2.05, 4.69) is 15.5 Å². The molecule has 0 heterocycles. The molecule has 0 aliphatic carbocycles. The third kappa shape index (κ3) is 4.82. The van der Waals surface area contributed by atoms with Crippen LogP contribution in [0.2, 0.25) is 0 Å². The Kier molecular flexibility index (Phi) is 5.32. The molecule has 0 saturated carbocycles. The number of nitrogens with zero attached hydrogens (tertiary/aromatic N) is 3. The van der Waals surface area contributed by atoms with Crippen molar-refractivity contribution < 1.29 is 9.72 Å². The Balaban J connectivity index is 1.63. The van der Waals surface area contributed by atoms with Crippen LogP contribution in [-0.2, 0) is 0 Å². The molecule has 0 spiro atoms. The lowest BCUT2D eigenvalue weighted by atomic mass is 10.2. The maximum absolute atomic E-state index is 12.2. The summed E-state index contributed by atoms with van der Waals surface area (Å²) in [6, 6.07) is 20.0. The molecule has 0 aromatic heterocycles. The zero-order valence-corrected chi connectivity index (χ0v) is 14.5. The molecule has 0 saturated heterocycles. The number of carbonyl (C=O) groups excluding carboxylic acids is 1. The van der Waals surface area contributed by atoms with Gasteiger partial charge in [-0.2, -0.15) is 10.2 Å². The van der Waals surface area contributed by atoms with Crippen molar-refractivity contribution in [3.05, 3.63) is 94.0 Å². The van der Waals surface area contributed by atoms with Gasteiger partial charge < -0.3 is 5.32 Å². The highest BCUT2D eigenvalue weighted by Crippen LogP contribution is 2.21. The van der Waals surface area contributed by atoms with Crippen molar-refractivity contribution in [2.24, 2.45) is 10.2 Å². The Hall–Kier alpha value is -3.87. The number of hydrogen-bond acceptors (Lipinski definition) is 5. The lowest BCUT2D eigenvalue weighted by molar-refractivity contribution is -0.384. The van der Waals surface area contributed by atoms with Crippen LogP contribution in [0.3, 0.4) is 0 Å². The zero-order chi connectivity index (χ0) is 19.2. The summed E-state index contributed by atoms with van der Waals surface area (Å²) in [5, 5.41) is 21.7. The summed E-state index contributed by atoms with van der Waals surface area (Å²) in [5.41, 5.74) is 3.44. The van der Waals surface area contributed by atoms with Crippen LogP contribution in [-0.4, -0.2) is 10.8 Å². The monoisotopic (exact) mass is 360 g/mol. The summed E-state index contributed by atoms with van der Waals surface area (Å²) < 4.78 is 0. The highest BCUT2D eigenvalue weighted by molar-refractivity contribution is 6.04.